The highest BCUT2D eigenvalue weighted by Crippen LogP contribution is 2.31. The lowest BCUT2D eigenvalue weighted by molar-refractivity contribution is 0.364. The van der Waals surface area contributed by atoms with Crippen LogP contribution in [-0.4, -0.2) is 6.54 Å². The molecule has 2 aromatic carbocycles. The second-order valence-corrected chi connectivity index (χ2v) is 6.67. The Hall–Kier alpha value is -1.53. The fourth-order valence-corrected chi connectivity index (χ4v) is 2.71. The molecule has 3 heteroatoms. The van der Waals surface area contributed by atoms with Gasteiger partial charge >= 0.3 is 0 Å². The summed E-state index contributed by atoms with van der Waals surface area (Å²) in [7, 11) is 0. The minimum Gasteiger partial charge on any atom is -0.384 e. The summed E-state index contributed by atoms with van der Waals surface area (Å²) in [4.78, 5) is 0. The summed E-state index contributed by atoms with van der Waals surface area (Å²) >= 11 is 3.59. The first kappa shape index (κ1) is 14.9. The molecule has 0 aromatic heterocycles. The van der Waals surface area contributed by atoms with E-state index in [0.29, 0.717) is 6.42 Å². The molecule has 0 saturated heterocycles. The number of rotatable bonds is 5. The zero-order valence-corrected chi connectivity index (χ0v) is 13.5. The van der Waals surface area contributed by atoms with E-state index in [0.717, 1.165) is 23.1 Å². The molecule has 0 radical (unpaired) electrons. The fraction of sp³-hybridized carbons (Fsp3) is 0.353. The van der Waals surface area contributed by atoms with Crippen LogP contribution in [0.25, 0.3) is 10.8 Å². The Morgan fingerprint density at radius 3 is 2.55 bits per heavy atom. The van der Waals surface area contributed by atoms with Gasteiger partial charge in [-0.3, -0.25) is 0 Å². The molecule has 0 aliphatic heterocycles. The second kappa shape index (κ2) is 6.28. The molecule has 0 fully saturated rings. The van der Waals surface area contributed by atoms with E-state index in [4.69, 9.17) is 5.26 Å². The summed E-state index contributed by atoms with van der Waals surface area (Å²) in [6.45, 7) is 5.25. The smallest absolute Gasteiger partial charge is 0.0621 e. The molecule has 0 spiro atoms. The third-order valence-electron chi connectivity index (χ3n) is 3.54. The predicted molar refractivity (Wildman–Crippen MR) is 88.8 cm³/mol. The van der Waals surface area contributed by atoms with Gasteiger partial charge in [0.05, 0.1) is 6.07 Å². The Balaban J connectivity index is 2.19. The number of benzene rings is 2. The summed E-state index contributed by atoms with van der Waals surface area (Å²) in [6, 6.07) is 14.8. The van der Waals surface area contributed by atoms with Gasteiger partial charge < -0.3 is 5.32 Å². The van der Waals surface area contributed by atoms with Gasteiger partial charge in [0, 0.05) is 28.5 Å². The van der Waals surface area contributed by atoms with E-state index in [2.05, 4.69) is 71.5 Å². The van der Waals surface area contributed by atoms with Crippen LogP contribution >= 0.6 is 15.9 Å². The molecule has 0 amide bonds. The minimum absolute atomic E-state index is 0.115. The van der Waals surface area contributed by atoms with Crippen LogP contribution in [-0.2, 0) is 0 Å². The first-order chi connectivity index (χ1) is 9.53. The quantitative estimate of drug-likeness (QED) is 0.802. The highest BCUT2D eigenvalue weighted by Gasteiger charge is 2.17. The van der Waals surface area contributed by atoms with Crippen LogP contribution in [0, 0.1) is 16.7 Å². The third-order valence-corrected chi connectivity index (χ3v) is 4.23. The van der Waals surface area contributed by atoms with Gasteiger partial charge in [-0.1, -0.05) is 54.0 Å². The number of fused-ring (bicyclic) bond motifs is 1. The maximum Gasteiger partial charge on any atom is 0.0621 e. The first-order valence-corrected chi connectivity index (χ1v) is 7.61. The van der Waals surface area contributed by atoms with Crippen LogP contribution in [0.2, 0.25) is 0 Å². The molecule has 2 aromatic rings. The van der Waals surface area contributed by atoms with E-state index in [9.17, 15) is 0 Å². The third kappa shape index (κ3) is 3.52. The van der Waals surface area contributed by atoms with Crippen molar-refractivity contribution in [1.82, 2.24) is 0 Å². The molecule has 0 saturated carbocycles. The van der Waals surface area contributed by atoms with Gasteiger partial charge in [0.15, 0.2) is 0 Å². The molecule has 0 aliphatic rings. The van der Waals surface area contributed by atoms with Gasteiger partial charge in [-0.05, 0) is 29.4 Å². The molecule has 0 unspecified atom stereocenters. The Kier molecular flexibility index (Phi) is 4.67. The molecule has 2 nitrogen and oxygen atoms in total. The zero-order valence-electron chi connectivity index (χ0n) is 11.9. The van der Waals surface area contributed by atoms with E-state index in [1.54, 1.807) is 0 Å². The van der Waals surface area contributed by atoms with Crippen LogP contribution in [0.5, 0.6) is 0 Å². The van der Waals surface area contributed by atoms with Gasteiger partial charge in [-0.25, -0.2) is 0 Å². The molecular weight excluding hydrogens is 312 g/mol. The number of anilines is 1. The topological polar surface area (TPSA) is 35.8 Å². The highest BCUT2D eigenvalue weighted by atomic mass is 79.9. The molecule has 104 valence electrons. The molecule has 1 N–H and O–H groups in total. The second-order valence-electron chi connectivity index (χ2n) is 5.82. The van der Waals surface area contributed by atoms with Crippen molar-refractivity contribution in [2.75, 3.05) is 11.9 Å². The van der Waals surface area contributed by atoms with Gasteiger partial charge in [-0.15, -0.1) is 0 Å². The Bertz CT molecular complexity index is 641. The molecule has 0 heterocycles. The summed E-state index contributed by atoms with van der Waals surface area (Å²) in [5, 5.41) is 14.7. The normalized spacial score (nSPS) is 11.3. The van der Waals surface area contributed by atoms with Crippen LogP contribution in [0.1, 0.15) is 26.7 Å². The summed E-state index contributed by atoms with van der Waals surface area (Å²) in [5.41, 5.74) is 1.26. The average Bonchev–Trinajstić information content (AvgIpc) is 2.45. The minimum atomic E-state index is 0.115. The lowest BCUT2D eigenvalue weighted by Gasteiger charge is -2.25. The molecule has 0 bridgehead atoms. The van der Waals surface area contributed by atoms with E-state index in [1.165, 1.54) is 10.8 Å². The van der Waals surface area contributed by atoms with Gasteiger partial charge in [0.2, 0.25) is 0 Å². The van der Waals surface area contributed by atoms with Crippen LogP contribution in [0.15, 0.2) is 40.9 Å². The van der Waals surface area contributed by atoms with Crippen molar-refractivity contribution < 1.29 is 0 Å². The number of hydrogen-bond acceptors (Lipinski definition) is 2. The fourth-order valence-electron chi connectivity index (χ4n) is 2.23. The zero-order chi connectivity index (χ0) is 14.6. The highest BCUT2D eigenvalue weighted by molar-refractivity contribution is 9.10. The van der Waals surface area contributed by atoms with Crippen molar-refractivity contribution in [1.29, 1.82) is 5.26 Å². The molecule has 20 heavy (non-hydrogen) atoms. The van der Waals surface area contributed by atoms with Crippen LogP contribution < -0.4 is 5.32 Å². The van der Waals surface area contributed by atoms with Gasteiger partial charge in [0.1, 0.15) is 0 Å². The van der Waals surface area contributed by atoms with Crippen molar-refractivity contribution in [2.45, 2.75) is 26.7 Å². The summed E-state index contributed by atoms with van der Waals surface area (Å²) < 4.78 is 1.11. The SMILES string of the molecule is CC(C)(CCC#N)CNc1ccc(Br)c2ccccc12. The molecule has 0 atom stereocenters. The maximum atomic E-state index is 8.71. The van der Waals surface area contributed by atoms with E-state index < -0.39 is 0 Å². The van der Waals surface area contributed by atoms with Crippen LogP contribution in [0.4, 0.5) is 5.69 Å². The van der Waals surface area contributed by atoms with Crippen molar-refractivity contribution in [2.24, 2.45) is 5.41 Å². The lowest BCUT2D eigenvalue weighted by Crippen LogP contribution is -2.23. The van der Waals surface area contributed by atoms with Crippen molar-refractivity contribution in [3.63, 3.8) is 0 Å². The van der Waals surface area contributed by atoms with Crippen molar-refractivity contribution >= 4 is 32.4 Å². The summed E-state index contributed by atoms with van der Waals surface area (Å²) in [5.74, 6) is 0. The molecule has 2 rings (SSSR count). The van der Waals surface area contributed by atoms with Crippen molar-refractivity contribution in [3.05, 3.63) is 40.9 Å². The lowest BCUT2D eigenvalue weighted by atomic mass is 9.88. The van der Waals surface area contributed by atoms with E-state index in [-0.39, 0.29) is 5.41 Å². The Morgan fingerprint density at radius 1 is 1.15 bits per heavy atom. The predicted octanol–water partition coefficient (Wildman–Crippen LogP) is 5.34. The standard InChI is InChI=1S/C17H19BrN2/c1-17(2,10-5-11-19)12-20-16-9-8-15(18)13-6-3-4-7-14(13)16/h3-4,6-9,20H,5,10,12H2,1-2H3. The average molecular weight is 331 g/mol. The largest absolute Gasteiger partial charge is 0.384 e. The number of nitrogens with zero attached hydrogens (tertiary/aromatic N) is 1. The van der Waals surface area contributed by atoms with Crippen LogP contribution in [0.3, 0.4) is 0 Å². The Morgan fingerprint density at radius 2 is 1.85 bits per heavy atom. The monoisotopic (exact) mass is 330 g/mol. The maximum absolute atomic E-state index is 8.71. The van der Waals surface area contributed by atoms with E-state index >= 15 is 0 Å². The number of nitrogens with one attached hydrogen (secondary N) is 1. The Labute approximate surface area is 128 Å². The van der Waals surface area contributed by atoms with Crippen molar-refractivity contribution in [3.8, 4) is 6.07 Å². The number of nitriles is 1. The summed E-state index contributed by atoms with van der Waals surface area (Å²) in [6.07, 6.45) is 1.51. The number of halogens is 1. The number of hydrogen-bond donors (Lipinski definition) is 1. The molecular formula is C17H19BrN2. The van der Waals surface area contributed by atoms with Gasteiger partial charge in [0.25, 0.3) is 0 Å². The molecule has 0 aliphatic carbocycles. The van der Waals surface area contributed by atoms with Gasteiger partial charge in [-0.2, -0.15) is 5.26 Å². The first-order valence-electron chi connectivity index (χ1n) is 6.81. The van der Waals surface area contributed by atoms with E-state index in [1.807, 2.05) is 6.07 Å².